The minimum absolute atomic E-state index is 0.215. The van der Waals surface area contributed by atoms with Crippen molar-refractivity contribution in [3.05, 3.63) is 0 Å². The van der Waals surface area contributed by atoms with E-state index in [0.717, 1.165) is 0 Å². The smallest absolute Gasteiger partial charge is 0.345 e. The summed E-state index contributed by atoms with van der Waals surface area (Å²) in [6.07, 6.45) is 0.130. The summed E-state index contributed by atoms with van der Waals surface area (Å²) < 4.78 is 10.1. The number of amidine groups is 1. The van der Waals surface area contributed by atoms with Crippen molar-refractivity contribution >= 4 is 11.9 Å². The zero-order valence-corrected chi connectivity index (χ0v) is 9.27. The molecule has 15 heavy (non-hydrogen) atoms. The molecule has 0 saturated carbocycles. The molecule has 6 heteroatoms. The van der Waals surface area contributed by atoms with Crippen LogP contribution < -0.4 is 5.73 Å². The number of ether oxygens (including phenoxy) is 2. The molecule has 86 valence electrons. The van der Waals surface area contributed by atoms with Crippen molar-refractivity contribution in [3.8, 4) is 0 Å². The monoisotopic (exact) mass is 215 g/mol. The van der Waals surface area contributed by atoms with Crippen LogP contribution >= 0.6 is 0 Å². The molecular weight excluding hydrogens is 198 g/mol. The lowest BCUT2D eigenvalue weighted by Gasteiger charge is -2.25. The normalized spacial score (nSPS) is 21.3. The minimum Gasteiger partial charge on any atom is -0.385 e. The van der Waals surface area contributed by atoms with Crippen molar-refractivity contribution < 1.29 is 14.3 Å². The van der Waals surface area contributed by atoms with Crippen molar-refractivity contribution in [1.82, 2.24) is 4.90 Å². The lowest BCUT2D eigenvalue weighted by atomic mass is 10.1. The largest absolute Gasteiger partial charge is 0.385 e. The molecule has 1 rings (SSSR count). The molecule has 1 heterocycles. The van der Waals surface area contributed by atoms with Gasteiger partial charge in [0.1, 0.15) is 5.84 Å². The number of likely N-dealkylation sites (N-methyl/N-ethyl adjacent to an activating group) is 1. The first-order valence-corrected chi connectivity index (χ1v) is 4.84. The Bertz CT molecular complexity index is 263. The molecule has 0 aromatic rings. The Kier molecular flexibility index (Phi) is 4.05. The van der Waals surface area contributed by atoms with Crippen molar-refractivity contribution in [2.24, 2.45) is 10.7 Å². The van der Waals surface area contributed by atoms with Crippen LogP contribution in [-0.2, 0) is 9.47 Å². The molecule has 6 nitrogen and oxygen atoms in total. The zero-order valence-electron chi connectivity index (χ0n) is 9.27. The summed E-state index contributed by atoms with van der Waals surface area (Å²) in [6.45, 7) is 2.46. The number of hydrogen-bond acceptors (Lipinski definition) is 4. The van der Waals surface area contributed by atoms with Crippen LogP contribution in [0.5, 0.6) is 0 Å². The van der Waals surface area contributed by atoms with E-state index in [4.69, 9.17) is 15.2 Å². The van der Waals surface area contributed by atoms with Gasteiger partial charge >= 0.3 is 6.03 Å². The Hall–Kier alpha value is -1.14. The minimum atomic E-state index is -0.372. The number of carbonyl (C=O) groups is 1. The molecule has 0 fully saturated rings. The summed E-state index contributed by atoms with van der Waals surface area (Å²) >= 11 is 0. The highest BCUT2D eigenvalue weighted by Gasteiger charge is 2.33. The summed E-state index contributed by atoms with van der Waals surface area (Å²) in [6, 6.07) is -0.502. The van der Waals surface area contributed by atoms with Crippen LogP contribution in [0, 0.1) is 0 Å². The Balaban J connectivity index is 2.67. The van der Waals surface area contributed by atoms with Crippen LogP contribution in [0.4, 0.5) is 4.79 Å². The van der Waals surface area contributed by atoms with E-state index in [1.165, 1.54) is 0 Å². The van der Waals surface area contributed by atoms with Gasteiger partial charge in [-0.05, 0) is 6.92 Å². The molecule has 0 aromatic carbocycles. The number of methoxy groups -OCH3 is 2. The van der Waals surface area contributed by atoms with Crippen molar-refractivity contribution in [1.29, 1.82) is 0 Å². The van der Waals surface area contributed by atoms with E-state index in [1.807, 2.05) is 6.92 Å². The average molecular weight is 215 g/mol. The first kappa shape index (κ1) is 11.9. The third-order valence-corrected chi connectivity index (χ3v) is 2.47. The third kappa shape index (κ3) is 2.45. The van der Waals surface area contributed by atoms with Crippen molar-refractivity contribution in [2.75, 3.05) is 20.8 Å². The summed E-state index contributed by atoms with van der Waals surface area (Å²) in [4.78, 5) is 16.7. The number of aliphatic imine (C=N–C) groups is 1. The molecule has 2 amide bonds. The average Bonchev–Trinajstić information content (AvgIpc) is 2.49. The molecule has 1 unspecified atom stereocenters. The quantitative estimate of drug-likeness (QED) is 0.663. The van der Waals surface area contributed by atoms with E-state index < -0.39 is 0 Å². The van der Waals surface area contributed by atoms with E-state index >= 15 is 0 Å². The van der Waals surface area contributed by atoms with Crippen LogP contribution in [0.3, 0.4) is 0 Å². The van der Waals surface area contributed by atoms with E-state index in [-0.39, 0.29) is 18.4 Å². The Morgan fingerprint density at radius 3 is 2.60 bits per heavy atom. The van der Waals surface area contributed by atoms with E-state index in [2.05, 4.69) is 4.99 Å². The molecule has 0 saturated heterocycles. The highest BCUT2D eigenvalue weighted by molar-refractivity contribution is 6.02. The predicted molar refractivity (Wildman–Crippen MR) is 55.6 cm³/mol. The number of carbonyl (C=O) groups excluding carboxylic acids is 1. The SMILES string of the molecule is CCN1C(=O)N=C(N)C1CC(OC)OC. The maximum absolute atomic E-state index is 11.4. The van der Waals surface area contributed by atoms with Gasteiger partial charge < -0.3 is 20.1 Å². The van der Waals surface area contributed by atoms with Gasteiger partial charge in [-0.25, -0.2) is 4.79 Å². The zero-order chi connectivity index (χ0) is 11.4. The number of hydrogen-bond donors (Lipinski definition) is 1. The van der Waals surface area contributed by atoms with Gasteiger partial charge in [0.05, 0.1) is 6.04 Å². The fraction of sp³-hybridized carbons (Fsp3) is 0.778. The topological polar surface area (TPSA) is 77.2 Å². The second-order valence-electron chi connectivity index (χ2n) is 3.26. The molecule has 0 bridgehead atoms. The molecule has 0 spiro atoms. The van der Waals surface area contributed by atoms with Crippen LogP contribution in [0.2, 0.25) is 0 Å². The van der Waals surface area contributed by atoms with Crippen LogP contribution in [-0.4, -0.2) is 49.9 Å². The van der Waals surface area contributed by atoms with Gasteiger partial charge in [0.2, 0.25) is 0 Å². The van der Waals surface area contributed by atoms with Crippen molar-refractivity contribution in [2.45, 2.75) is 25.7 Å². The lowest BCUT2D eigenvalue weighted by molar-refractivity contribution is -0.110. The number of nitrogens with zero attached hydrogens (tertiary/aromatic N) is 2. The molecule has 0 radical (unpaired) electrons. The summed E-state index contributed by atoms with van der Waals surface area (Å²) in [7, 11) is 3.10. The van der Waals surface area contributed by atoms with Gasteiger partial charge in [-0.2, -0.15) is 4.99 Å². The summed E-state index contributed by atoms with van der Waals surface area (Å²) in [5.41, 5.74) is 5.67. The lowest BCUT2D eigenvalue weighted by Crippen LogP contribution is -2.43. The maximum Gasteiger partial charge on any atom is 0.345 e. The number of rotatable bonds is 5. The van der Waals surface area contributed by atoms with Crippen LogP contribution in [0.25, 0.3) is 0 Å². The van der Waals surface area contributed by atoms with Crippen LogP contribution in [0.15, 0.2) is 4.99 Å². The number of urea groups is 1. The van der Waals surface area contributed by atoms with E-state index in [1.54, 1.807) is 19.1 Å². The van der Waals surface area contributed by atoms with Gasteiger partial charge in [0.25, 0.3) is 0 Å². The first-order valence-electron chi connectivity index (χ1n) is 4.84. The first-order chi connectivity index (χ1) is 7.13. The Labute approximate surface area is 89.0 Å². The molecule has 1 aliphatic heterocycles. The highest BCUT2D eigenvalue weighted by Crippen LogP contribution is 2.16. The predicted octanol–water partition coefficient (Wildman–Crippen LogP) is 0.177. The molecule has 1 aliphatic rings. The van der Waals surface area contributed by atoms with Gasteiger partial charge in [0, 0.05) is 27.2 Å². The van der Waals surface area contributed by atoms with Crippen LogP contribution in [0.1, 0.15) is 13.3 Å². The fourth-order valence-corrected chi connectivity index (χ4v) is 1.62. The number of nitrogens with two attached hydrogens (primary N) is 1. The molecule has 2 N–H and O–H groups in total. The van der Waals surface area contributed by atoms with Gasteiger partial charge in [0.15, 0.2) is 6.29 Å². The fourth-order valence-electron chi connectivity index (χ4n) is 1.62. The molecule has 0 aromatic heterocycles. The Morgan fingerprint density at radius 1 is 1.53 bits per heavy atom. The number of amides is 2. The summed E-state index contributed by atoms with van der Waals surface area (Å²) in [5.74, 6) is 0.334. The van der Waals surface area contributed by atoms with E-state index in [0.29, 0.717) is 18.8 Å². The third-order valence-electron chi connectivity index (χ3n) is 2.47. The molecular formula is C9H17N3O3. The standard InChI is InChI=1S/C9H17N3O3/c1-4-12-6(5-7(14-2)15-3)8(10)11-9(12)13/h6-7H,4-5H2,1-3H3,(H2,10,11,13). The van der Waals surface area contributed by atoms with Crippen molar-refractivity contribution in [3.63, 3.8) is 0 Å². The van der Waals surface area contributed by atoms with E-state index in [9.17, 15) is 4.79 Å². The summed E-state index contributed by atoms with van der Waals surface area (Å²) in [5, 5.41) is 0. The van der Waals surface area contributed by atoms with Gasteiger partial charge in [-0.15, -0.1) is 0 Å². The molecule has 0 aliphatic carbocycles. The highest BCUT2D eigenvalue weighted by atomic mass is 16.7. The Morgan fingerprint density at radius 2 is 2.13 bits per heavy atom. The second-order valence-corrected chi connectivity index (χ2v) is 3.26. The van der Waals surface area contributed by atoms with Gasteiger partial charge in [-0.3, -0.25) is 0 Å². The molecule has 1 atom stereocenters. The van der Waals surface area contributed by atoms with Gasteiger partial charge in [-0.1, -0.05) is 0 Å². The maximum atomic E-state index is 11.4. The second kappa shape index (κ2) is 5.09.